The van der Waals surface area contributed by atoms with Crippen LogP contribution in [0.2, 0.25) is 0 Å². The number of hydrogen-bond donors (Lipinski definition) is 2. The molecule has 1 aliphatic carbocycles. The molecule has 1 aromatic rings. The second-order valence-electron chi connectivity index (χ2n) is 7.40. The minimum atomic E-state index is -0.910. The van der Waals surface area contributed by atoms with Gasteiger partial charge in [-0.2, -0.15) is 0 Å². The first kappa shape index (κ1) is 18.5. The Morgan fingerprint density at radius 3 is 2.54 bits per heavy atom. The molecule has 0 spiro atoms. The van der Waals surface area contributed by atoms with Crippen LogP contribution in [0, 0.1) is 5.92 Å². The van der Waals surface area contributed by atoms with Crippen molar-refractivity contribution >= 4 is 11.9 Å². The Kier molecular flexibility index (Phi) is 5.99. The van der Waals surface area contributed by atoms with Gasteiger partial charge in [-0.3, -0.25) is 4.79 Å². The van der Waals surface area contributed by atoms with Crippen LogP contribution in [-0.4, -0.2) is 34.7 Å². The summed E-state index contributed by atoms with van der Waals surface area (Å²) in [5.74, 6) is -0.333. The summed E-state index contributed by atoms with van der Waals surface area (Å²) in [5.41, 5.74) is 0.373. The maximum absolute atomic E-state index is 12.1. The van der Waals surface area contributed by atoms with Crippen LogP contribution in [0.3, 0.4) is 0 Å². The fourth-order valence-corrected chi connectivity index (χ4v) is 3.07. The number of benzene rings is 1. The van der Waals surface area contributed by atoms with Crippen LogP contribution in [0.5, 0.6) is 0 Å². The lowest BCUT2D eigenvalue weighted by molar-refractivity contribution is -0.124. The van der Waals surface area contributed by atoms with Crippen LogP contribution in [-0.2, 0) is 16.0 Å². The lowest BCUT2D eigenvalue weighted by Gasteiger charge is -2.29. The molecule has 1 saturated carbocycles. The standard InChI is InChI=1S/C19H27NO4/c1-19(2,3)24-18(23)20-15(12-13-8-5-4-6-9-13)17(22)14-10-7-11-16(14)21/h4-6,8-9,14-15,17,22H,7,10-12H2,1-3H3,(H,20,23)/t14-,15+,17-/m1/s1. The van der Waals surface area contributed by atoms with E-state index >= 15 is 0 Å². The summed E-state index contributed by atoms with van der Waals surface area (Å²) in [4.78, 5) is 24.1. The average molecular weight is 333 g/mol. The molecule has 5 nitrogen and oxygen atoms in total. The van der Waals surface area contributed by atoms with Gasteiger partial charge in [-0.05, 0) is 45.6 Å². The van der Waals surface area contributed by atoms with Crippen LogP contribution in [0.4, 0.5) is 4.79 Å². The van der Waals surface area contributed by atoms with E-state index in [0.717, 1.165) is 12.0 Å². The van der Waals surface area contributed by atoms with Crippen LogP contribution >= 0.6 is 0 Å². The van der Waals surface area contributed by atoms with E-state index in [9.17, 15) is 14.7 Å². The number of amides is 1. The van der Waals surface area contributed by atoms with Gasteiger partial charge in [-0.15, -0.1) is 0 Å². The molecule has 2 rings (SSSR count). The number of aliphatic hydroxyl groups excluding tert-OH is 1. The molecule has 5 heteroatoms. The SMILES string of the molecule is CC(C)(C)OC(=O)N[C@@H](Cc1ccccc1)[C@H](O)[C@@H]1CCCC1=O. The summed E-state index contributed by atoms with van der Waals surface area (Å²) >= 11 is 0. The molecule has 0 aliphatic heterocycles. The number of alkyl carbamates (subject to hydrolysis) is 1. The summed E-state index contributed by atoms with van der Waals surface area (Å²) in [7, 11) is 0. The first-order valence-electron chi connectivity index (χ1n) is 8.50. The number of rotatable bonds is 5. The Morgan fingerprint density at radius 1 is 1.33 bits per heavy atom. The van der Waals surface area contributed by atoms with E-state index in [1.54, 1.807) is 20.8 Å². The van der Waals surface area contributed by atoms with E-state index in [4.69, 9.17) is 4.74 Å². The lowest BCUT2D eigenvalue weighted by atomic mass is 9.90. The number of ketones is 1. The summed E-state index contributed by atoms with van der Waals surface area (Å²) in [6.07, 6.45) is 0.935. The van der Waals surface area contributed by atoms with Gasteiger partial charge in [0.2, 0.25) is 0 Å². The first-order chi connectivity index (χ1) is 11.3. The molecule has 3 atom stereocenters. The summed E-state index contributed by atoms with van der Waals surface area (Å²) < 4.78 is 5.30. The maximum atomic E-state index is 12.1. The summed E-state index contributed by atoms with van der Waals surface area (Å²) in [5, 5.41) is 13.5. The Hall–Kier alpha value is -1.88. The van der Waals surface area contributed by atoms with Crippen LogP contribution < -0.4 is 5.32 Å². The highest BCUT2D eigenvalue weighted by atomic mass is 16.6. The van der Waals surface area contributed by atoms with Gasteiger partial charge in [0.05, 0.1) is 12.1 Å². The van der Waals surface area contributed by atoms with E-state index in [1.165, 1.54) is 0 Å². The first-order valence-corrected chi connectivity index (χ1v) is 8.50. The highest BCUT2D eigenvalue weighted by Crippen LogP contribution is 2.27. The van der Waals surface area contributed by atoms with Crippen molar-refractivity contribution in [3.63, 3.8) is 0 Å². The van der Waals surface area contributed by atoms with E-state index in [1.807, 2.05) is 30.3 Å². The van der Waals surface area contributed by atoms with Gasteiger partial charge in [-0.25, -0.2) is 4.79 Å². The zero-order valence-electron chi connectivity index (χ0n) is 14.6. The molecular weight excluding hydrogens is 306 g/mol. The number of aliphatic hydroxyl groups is 1. The maximum Gasteiger partial charge on any atom is 0.407 e. The molecule has 24 heavy (non-hydrogen) atoms. The van der Waals surface area contributed by atoms with E-state index in [0.29, 0.717) is 19.3 Å². The van der Waals surface area contributed by atoms with Gasteiger partial charge in [0.15, 0.2) is 0 Å². The Bertz CT molecular complexity index is 564. The highest BCUT2D eigenvalue weighted by molar-refractivity contribution is 5.83. The molecule has 2 N–H and O–H groups in total. The largest absolute Gasteiger partial charge is 0.444 e. The van der Waals surface area contributed by atoms with Crippen molar-refractivity contribution in [3.8, 4) is 0 Å². The quantitative estimate of drug-likeness (QED) is 0.869. The molecule has 0 heterocycles. The monoisotopic (exact) mass is 333 g/mol. The van der Waals surface area contributed by atoms with Gasteiger partial charge in [0, 0.05) is 12.3 Å². The van der Waals surface area contributed by atoms with Crippen molar-refractivity contribution in [3.05, 3.63) is 35.9 Å². The van der Waals surface area contributed by atoms with Crippen molar-refractivity contribution in [2.24, 2.45) is 5.92 Å². The average Bonchev–Trinajstić information content (AvgIpc) is 2.91. The van der Waals surface area contributed by atoms with Gasteiger partial charge >= 0.3 is 6.09 Å². The van der Waals surface area contributed by atoms with E-state index < -0.39 is 29.8 Å². The second-order valence-corrected chi connectivity index (χ2v) is 7.40. The molecular formula is C19H27NO4. The molecule has 1 aromatic carbocycles. The highest BCUT2D eigenvalue weighted by Gasteiger charge is 2.36. The number of nitrogens with one attached hydrogen (secondary N) is 1. The molecule has 132 valence electrons. The topological polar surface area (TPSA) is 75.6 Å². The van der Waals surface area contributed by atoms with Crippen molar-refractivity contribution in [1.82, 2.24) is 5.32 Å². The van der Waals surface area contributed by atoms with Gasteiger partial charge in [0.25, 0.3) is 0 Å². The van der Waals surface area contributed by atoms with Crippen LogP contribution in [0.25, 0.3) is 0 Å². The molecule has 0 unspecified atom stereocenters. The van der Waals surface area contributed by atoms with E-state index in [-0.39, 0.29) is 5.78 Å². The summed E-state index contributed by atoms with van der Waals surface area (Å²) in [6, 6.07) is 9.05. The molecule has 0 saturated heterocycles. The van der Waals surface area contributed by atoms with E-state index in [2.05, 4.69) is 5.32 Å². The predicted molar refractivity (Wildman–Crippen MR) is 91.7 cm³/mol. The normalized spacial score (nSPS) is 20.5. The third-order valence-electron chi connectivity index (χ3n) is 4.18. The van der Waals surface area contributed by atoms with Crippen LogP contribution in [0.1, 0.15) is 45.6 Å². The van der Waals surface area contributed by atoms with Crippen molar-refractivity contribution in [1.29, 1.82) is 0 Å². The Balaban J connectivity index is 2.11. The fraction of sp³-hybridized carbons (Fsp3) is 0.579. The fourth-order valence-electron chi connectivity index (χ4n) is 3.07. The summed E-state index contributed by atoms with van der Waals surface area (Å²) in [6.45, 7) is 5.36. The van der Waals surface area contributed by atoms with Crippen molar-refractivity contribution in [2.75, 3.05) is 0 Å². The minimum absolute atomic E-state index is 0.0755. The molecule has 0 radical (unpaired) electrons. The number of ether oxygens (including phenoxy) is 1. The lowest BCUT2D eigenvalue weighted by Crippen LogP contribution is -2.50. The van der Waals surface area contributed by atoms with Crippen molar-refractivity contribution < 1.29 is 19.4 Å². The molecule has 0 bridgehead atoms. The molecule has 1 amide bonds. The number of carbonyl (C=O) groups is 2. The molecule has 1 fully saturated rings. The van der Waals surface area contributed by atoms with Crippen LogP contribution in [0.15, 0.2) is 30.3 Å². The van der Waals surface area contributed by atoms with Gasteiger partial charge in [0.1, 0.15) is 11.4 Å². The number of carbonyl (C=O) groups excluding carboxylic acids is 2. The Morgan fingerprint density at radius 2 is 2.00 bits per heavy atom. The Labute approximate surface area is 143 Å². The van der Waals surface area contributed by atoms with Gasteiger partial charge in [-0.1, -0.05) is 30.3 Å². The number of Topliss-reactive ketones (excluding diaryl/α,β-unsaturated/α-hetero) is 1. The minimum Gasteiger partial charge on any atom is -0.444 e. The smallest absolute Gasteiger partial charge is 0.407 e. The number of hydrogen-bond acceptors (Lipinski definition) is 4. The third kappa shape index (κ3) is 5.34. The third-order valence-corrected chi connectivity index (χ3v) is 4.18. The zero-order chi connectivity index (χ0) is 17.7. The molecule has 0 aromatic heterocycles. The molecule has 1 aliphatic rings. The second kappa shape index (κ2) is 7.79. The predicted octanol–water partition coefficient (Wildman–Crippen LogP) is 2.85. The zero-order valence-corrected chi connectivity index (χ0v) is 14.6. The van der Waals surface area contributed by atoms with Crippen molar-refractivity contribution in [2.45, 2.75) is 64.2 Å². The van der Waals surface area contributed by atoms with Gasteiger partial charge < -0.3 is 15.2 Å².